The summed E-state index contributed by atoms with van der Waals surface area (Å²) in [6, 6.07) is 11.7. The van der Waals surface area contributed by atoms with Gasteiger partial charge in [0.2, 0.25) is 0 Å². The minimum absolute atomic E-state index is 0.369. The van der Waals surface area contributed by atoms with E-state index >= 15 is 0 Å². The summed E-state index contributed by atoms with van der Waals surface area (Å²) in [5.74, 6) is -0.464. The van der Waals surface area contributed by atoms with E-state index in [-0.39, 0.29) is 0 Å². The second-order valence-electron chi connectivity index (χ2n) is 3.45. The van der Waals surface area contributed by atoms with Crippen LogP contribution in [0.15, 0.2) is 36.4 Å². The minimum atomic E-state index is -0.833. The average molecular weight is 218 g/mol. The molecule has 0 aromatic heterocycles. The number of hydrogen-bond donors (Lipinski definition) is 2. The van der Waals surface area contributed by atoms with E-state index in [1.807, 2.05) is 37.3 Å². The average Bonchev–Trinajstić information content (AvgIpc) is 2.23. The number of rotatable bonds is 0. The first-order valence-electron chi connectivity index (χ1n) is 4.89. The van der Waals surface area contributed by atoms with Crippen LogP contribution in [0, 0.1) is 6.92 Å². The summed E-state index contributed by atoms with van der Waals surface area (Å²) in [6.07, 6.45) is 0. The van der Waals surface area contributed by atoms with Gasteiger partial charge in [-0.05, 0) is 29.3 Å². The van der Waals surface area contributed by atoms with Gasteiger partial charge in [-0.15, -0.1) is 0 Å². The van der Waals surface area contributed by atoms with Crippen molar-refractivity contribution < 1.29 is 15.0 Å². The number of hydrogen-bond acceptors (Lipinski definition) is 2. The number of aryl methyl sites for hydroxylation is 1. The molecule has 0 amide bonds. The summed E-state index contributed by atoms with van der Waals surface area (Å²) >= 11 is 0. The molecule has 0 unspecified atom stereocenters. The largest absolute Gasteiger partial charge is 0.508 e. The molecule has 0 radical (unpaired) electrons. The fourth-order valence-electron chi connectivity index (χ4n) is 1.42. The van der Waals surface area contributed by atoms with Crippen LogP contribution in [0.5, 0.6) is 5.75 Å². The summed E-state index contributed by atoms with van der Waals surface area (Å²) in [5, 5.41) is 19.1. The van der Waals surface area contributed by atoms with Crippen molar-refractivity contribution in [1.82, 2.24) is 0 Å². The van der Waals surface area contributed by atoms with E-state index < -0.39 is 5.97 Å². The summed E-state index contributed by atoms with van der Waals surface area (Å²) < 4.78 is 0. The Hall–Kier alpha value is -2.03. The monoisotopic (exact) mass is 218 g/mol. The van der Waals surface area contributed by atoms with Gasteiger partial charge < -0.3 is 10.2 Å². The van der Waals surface area contributed by atoms with E-state index in [0.29, 0.717) is 5.75 Å². The molecule has 0 bridgehead atoms. The van der Waals surface area contributed by atoms with Gasteiger partial charge in [-0.3, -0.25) is 4.79 Å². The summed E-state index contributed by atoms with van der Waals surface area (Å²) in [6.45, 7) is 3.01. The Labute approximate surface area is 94.0 Å². The fraction of sp³-hybridized carbons (Fsp3) is 0.154. The molecule has 0 saturated carbocycles. The molecule has 2 aromatic carbocycles. The van der Waals surface area contributed by atoms with Gasteiger partial charge in [0, 0.05) is 6.92 Å². The first-order chi connectivity index (χ1) is 7.52. The number of phenols is 1. The van der Waals surface area contributed by atoms with E-state index in [1.54, 1.807) is 6.07 Å². The minimum Gasteiger partial charge on any atom is -0.508 e. The predicted octanol–water partition coefficient (Wildman–Crippen LogP) is 2.94. The molecule has 2 aromatic rings. The normalized spacial score (nSPS) is 9.38. The zero-order chi connectivity index (χ0) is 12.1. The summed E-state index contributed by atoms with van der Waals surface area (Å²) in [7, 11) is 0. The molecule has 0 saturated heterocycles. The van der Waals surface area contributed by atoms with Crippen molar-refractivity contribution in [3.63, 3.8) is 0 Å². The van der Waals surface area contributed by atoms with Crippen molar-refractivity contribution in [3.8, 4) is 5.75 Å². The number of fused-ring (bicyclic) bond motifs is 1. The van der Waals surface area contributed by atoms with Crippen LogP contribution < -0.4 is 0 Å². The first-order valence-corrected chi connectivity index (χ1v) is 4.89. The van der Waals surface area contributed by atoms with E-state index in [9.17, 15) is 5.11 Å². The number of phenolic OH excluding ortho intramolecular Hbond substituents is 1. The van der Waals surface area contributed by atoms with Gasteiger partial charge in [-0.1, -0.05) is 30.3 Å². The highest BCUT2D eigenvalue weighted by molar-refractivity contribution is 5.87. The fourth-order valence-corrected chi connectivity index (χ4v) is 1.42. The SMILES string of the molecule is CC(=O)O.Cc1c(O)ccc2ccccc12. The van der Waals surface area contributed by atoms with Crippen molar-refractivity contribution in [2.75, 3.05) is 0 Å². The van der Waals surface area contributed by atoms with Crippen molar-refractivity contribution in [3.05, 3.63) is 42.0 Å². The number of aliphatic carboxylic acids is 1. The number of carboxylic acid groups (broad SMARTS) is 1. The Kier molecular flexibility index (Phi) is 3.89. The smallest absolute Gasteiger partial charge is 0.300 e. The zero-order valence-electron chi connectivity index (χ0n) is 9.27. The van der Waals surface area contributed by atoms with Gasteiger partial charge in [0.15, 0.2) is 0 Å². The van der Waals surface area contributed by atoms with Gasteiger partial charge in [0.05, 0.1) is 0 Å². The van der Waals surface area contributed by atoms with Crippen LogP contribution in [0.3, 0.4) is 0 Å². The molecule has 0 heterocycles. The molecule has 0 fully saturated rings. The highest BCUT2D eigenvalue weighted by Gasteiger charge is 1.99. The van der Waals surface area contributed by atoms with Crippen LogP contribution >= 0.6 is 0 Å². The standard InChI is InChI=1S/C11H10O.C2H4O2/c1-8-10-5-3-2-4-9(10)6-7-11(8)12;1-2(3)4/h2-7,12H,1H3;1H3,(H,3,4). The lowest BCUT2D eigenvalue weighted by Gasteiger charge is -2.02. The maximum absolute atomic E-state index is 9.42. The molecule has 0 aliphatic carbocycles. The van der Waals surface area contributed by atoms with Crippen molar-refractivity contribution >= 4 is 16.7 Å². The molecule has 2 N–H and O–H groups in total. The third kappa shape index (κ3) is 2.98. The van der Waals surface area contributed by atoms with Crippen LogP contribution in [0.25, 0.3) is 10.8 Å². The molecule has 0 aliphatic rings. The van der Waals surface area contributed by atoms with Crippen LogP contribution in [-0.4, -0.2) is 16.2 Å². The van der Waals surface area contributed by atoms with Gasteiger partial charge in [0.25, 0.3) is 5.97 Å². The molecule has 0 spiro atoms. The Morgan fingerprint density at radius 1 is 1.12 bits per heavy atom. The van der Waals surface area contributed by atoms with Crippen LogP contribution in [0.1, 0.15) is 12.5 Å². The van der Waals surface area contributed by atoms with Crippen molar-refractivity contribution in [2.24, 2.45) is 0 Å². The van der Waals surface area contributed by atoms with E-state index in [1.165, 1.54) is 5.39 Å². The Balaban J connectivity index is 0.000000280. The van der Waals surface area contributed by atoms with E-state index in [4.69, 9.17) is 9.90 Å². The lowest BCUT2D eigenvalue weighted by molar-refractivity contribution is -0.134. The Morgan fingerprint density at radius 3 is 2.31 bits per heavy atom. The van der Waals surface area contributed by atoms with Crippen LogP contribution in [0.4, 0.5) is 0 Å². The second kappa shape index (κ2) is 5.16. The summed E-state index contributed by atoms with van der Waals surface area (Å²) in [4.78, 5) is 9.00. The highest BCUT2D eigenvalue weighted by Crippen LogP contribution is 2.25. The molecule has 16 heavy (non-hydrogen) atoms. The predicted molar refractivity (Wildman–Crippen MR) is 63.7 cm³/mol. The molecule has 84 valence electrons. The lowest BCUT2D eigenvalue weighted by atomic mass is 10.1. The molecule has 0 atom stereocenters. The zero-order valence-corrected chi connectivity index (χ0v) is 9.27. The second-order valence-corrected chi connectivity index (χ2v) is 3.45. The van der Waals surface area contributed by atoms with E-state index in [2.05, 4.69) is 0 Å². The third-order valence-electron chi connectivity index (χ3n) is 2.17. The Morgan fingerprint density at radius 2 is 1.69 bits per heavy atom. The van der Waals surface area contributed by atoms with Crippen molar-refractivity contribution in [2.45, 2.75) is 13.8 Å². The van der Waals surface area contributed by atoms with Crippen LogP contribution in [-0.2, 0) is 4.79 Å². The molecule has 3 nitrogen and oxygen atoms in total. The number of carbonyl (C=O) groups is 1. The summed E-state index contributed by atoms with van der Waals surface area (Å²) in [5.41, 5.74) is 0.952. The molecular formula is C13H14O3. The van der Waals surface area contributed by atoms with Gasteiger partial charge in [-0.25, -0.2) is 0 Å². The highest BCUT2D eigenvalue weighted by atomic mass is 16.4. The topological polar surface area (TPSA) is 57.5 Å². The van der Waals surface area contributed by atoms with Crippen LogP contribution in [0.2, 0.25) is 0 Å². The molecular weight excluding hydrogens is 204 g/mol. The lowest BCUT2D eigenvalue weighted by Crippen LogP contribution is -1.78. The van der Waals surface area contributed by atoms with Gasteiger partial charge in [0.1, 0.15) is 5.75 Å². The van der Waals surface area contributed by atoms with Gasteiger partial charge in [-0.2, -0.15) is 0 Å². The molecule has 3 heteroatoms. The Bertz CT molecular complexity index is 500. The quantitative estimate of drug-likeness (QED) is 0.714. The molecule has 0 aliphatic heterocycles. The number of carboxylic acids is 1. The first kappa shape index (κ1) is 12.0. The number of aromatic hydroxyl groups is 1. The number of benzene rings is 2. The van der Waals surface area contributed by atoms with Crippen molar-refractivity contribution in [1.29, 1.82) is 0 Å². The third-order valence-corrected chi connectivity index (χ3v) is 2.17. The maximum atomic E-state index is 9.42. The maximum Gasteiger partial charge on any atom is 0.300 e. The van der Waals surface area contributed by atoms with E-state index in [0.717, 1.165) is 17.9 Å². The van der Waals surface area contributed by atoms with Gasteiger partial charge >= 0.3 is 0 Å². The molecule has 2 rings (SSSR count).